The van der Waals surface area contributed by atoms with Crippen LogP contribution in [0.5, 0.6) is 0 Å². The van der Waals surface area contributed by atoms with Crippen LogP contribution in [0.2, 0.25) is 0 Å². The van der Waals surface area contributed by atoms with Gasteiger partial charge in [0.15, 0.2) is 0 Å². The monoisotopic (exact) mass is 258 g/mol. The molecular formula is C15H18N2O2. The van der Waals surface area contributed by atoms with E-state index in [4.69, 9.17) is 9.47 Å². The van der Waals surface area contributed by atoms with Gasteiger partial charge in [-0.1, -0.05) is 13.2 Å². The number of hydrogen-bond donors (Lipinski definition) is 0. The highest BCUT2D eigenvalue weighted by molar-refractivity contribution is 5.68. The van der Waals surface area contributed by atoms with Gasteiger partial charge in [-0.3, -0.25) is 4.40 Å². The van der Waals surface area contributed by atoms with Gasteiger partial charge in [-0.2, -0.15) is 0 Å². The maximum atomic E-state index is 5.49. The number of imidazole rings is 1. The molecule has 0 bridgehead atoms. The van der Waals surface area contributed by atoms with E-state index in [0.717, 1.165) is 16.9 Å². The van der Waals surface area contributed by atoms with E-state index in [1.54, 1.807) is 6.20 Å². The number of ether oxygens (including phenoxy) is 2. The highest BCUT2D eigenvalue weighted by Gasteiger charge is 2.10. The summed E-state index contributed by atoms with van der Waals surface area (Å²) < 4.78 is 12.9. The normalized spacial score (nSPS) is 10.4. The molecule has 19 heavy (non-hydrogen) atoms. The Labute approximate surface area is 113 Å². The molecule has 0 aliphatic rings. The van der Waals surface area contributed by atoms with Gasteiger partial charge < -0.3 is 9.47 Å². The standard InChI is InChI=1S/C15H18N2O2/c1-5-18-11(3)13-9-14(12(4)19-6-2)17-8-7-16-15(17)10-13/h7-10H,3-6H2,1-2H3. The smallest absolute Gasteiger partial charge is 0.137 e. The van der Waals surface area contributed by atoms with E-state index in [0.29, 0.717) is 24.7 Å². The second-order valence-electron chi connectivity index (χ2n) is 4.00. The minimum absolute atomic E-state index is 0.575. The second kappa shape index (κ2) is 5.61. The van der Waals surface area contributed by atoms with Crippen LogP contribution in [0.3, 0.4) is 0 Å². The number of rotatable bonds is 6. The molecule has 0 spiro atoms. The first-order valence-corrected chi connectivity index (χ1v) is 6.28. The molecule has 4 heteroatoms. The van der Waals surface area contributed by atoms with Gasteiger partial charge in [0.1, 0.15) is 17.2 Å². The summed E-state index contributed by atoms with van der Waals surface area (Å²) in [6, 6.07) is 3.88. The van der Waals surface area contributed by atoms with Crippen LogP contribution in [0.1, 0.15) is 25.1 Å². The average molecular weight is 258 g/mol. The van der Waals surface area contributed by atoms with Crippen molar-refractivity contribution in [1.82, 2.24) is 9.38 Å². The zero-order valence-electron chi connectivity index (χ0n) is 11.3. The average Bonchev–Trinajstić information content (AvgIpc) is 2.86. The van der Waals surface area contributed by atoms with Gasteiger partial charge in [-0.25, -0.2) is 4.98 Å². The fraction of sp³-hybridized carbons (Fsp3) is 0.267. The molecular weight excluding hydrogens is 240 g/mol. The van der Waals surface area contributed by atoms with Crippen LogP contribution >= 0.6 is 0 Å². The summed E-state index contributed by atoms with van der Waals surface area (Å²) in [6.45, 7) is 12.9. The van der Waals surface area contributed by atoms with Crippen molar-refractivity contribution in [2.24, 2.45) is 0 Å². The van der Waals surface area contributed by atoms with Crippen LogP contribution in [0.15, 0.2) is 37.7 Å². The molecule has 2 heterocycles. The third kappa shape index (κ3) is 2.62. The highest BCUT2D eigenvalue weighted by Crippen LogP contribution is 2.22. The Hall–Kier alpha value is -2.23. The number of fused-ring (bicyclic) bond motifs is 1. The number of nitrogens with zero attached hydrogens (tertiary/aromatic N) is 2. The van der Waals surface area contributed by atoms with Gasteiger partial charge in [-0.05, 0) is 26.0 Å². The van der Waals surface area contributed by atoms with Crippen LogP contribution < -0.4 is 0 Å². The lowest BCUT2D eigenvalue weighted by Gasteiger charge is -2.13. The summed E-state index contributed by atoms with van der Waals surface area (Å²) in [6.07, 6.45) is 3.62. The van der Waals surface area contributed by atoms with Crippen LogP contribution in [-0.4, -0.2) is 22.6 Å². The zero-order chi connectivity index (χ0) is 13.8. The van der Waals surface area contributed by atoms with E-state index in [1.165, 1.54) is 0 Å². The van der Waals surface area contributed by atoms with E-state index >= 15 is 0 Å². The van der Waals surface area contributed by atoms with Gasteiger partial charge in [-0.15, -0.1) is 0 Å². The molecule has 0 N–H and O–H groups in total. The lowest BCUT2D eigenvalue weighted by molar-refractivity contribution is 0.296. The van der Waals surface area contributed by atoms with Crippen molar-refractivity contribution in [2.75, 3.05) is 13.2 Å². The fourth-order valence-electron chi connectivity index (χ4n) is 1.90. The molecule has 2 rings (SSSR count). The molecule has 0 aliphatic carbocycles. The predicted octanol–water partition coefficient (Wildman–Crippen LogP) is 3.35. The van der Waals surface area contributed by atoms with Crippen molar-refractivity contribution >= 4 is 17.2 Å². The van der Waals surface area contributed by atoms with Gasteiger partial charge in [0.05, 0.1) is 18.9 Å². The molecule has 0 unspecified atom stereocenters. The van der Waals surface area contributed by atoms with E-state index in [9.17, 15) is 0 Å². The molecule has 2 aromatic heterocycles. The molecule has 100 valence electrons. The summed E-state index contributed by atoms with van der Waals surface area (Å²) in [5.41, 5.74) is 2.55. The molecule has 0 aromatic carbocycles. The van der Waals surface area contributed by atoms with Crippen LogP contribution in [0, 0.1) is 0 Å². The van der Waals surface area contributed by atoms with Crippen LogP contribution in [0.25, 0.3) is 17.2 Å². The first kappa shape index (κ1) is 13.2. The summed E-state index contributed by atoms with van der Waals surface area (Å²) in [7, 11) is 0. The van der Waals surface area contributed by atoms with Crippen LogP contribution in [-0.2, 0) is 9.47 Å². The molecule has 0 atom stereocenters. The topological polar surface area (TPSA) is 35.8 Å². The zero-order valence-corrected chi connectivity index (χ0v) is 11.3. The Morgan fingerprint density at radius 1 is 1.16 bits per heavy atom. The van der Waals surface area contributed by atoms with Gasteiger partial charge in [0, 0.05) is 18.0 Å². The fourth-order valence-corrected chi connectivity index (χ4v) is 1.90. The predicted molar refractivity (Wildman–Crippen MR) is 76.5 cm³/mol. The maximum absolute atomic E-state index is 5.49. The lowest BCUT2D eigenvalue weighted by Crippen LogP contribution is -2.01. The second-order valence-corrected chi connectivity index (χ2v) is 4.00. The summed E-state index contributed by atoms with van der Waals surface area (Å²) in [5.74, 6) is 1.23. The Bertz CT molecular complexity index is 614. The summed E-state index contributed by atoms with van der Waals surface area (Å²) in [4.78, 5) is 4.29. The minimum Gasteiger partial charge on any atom is -0.494 e. The quantitative estimate of drug-likeness (QED) is 0.745. The SMILES string of the molecule is C=C(OCC)c1cc(C(=C)OCC)n2ccnc2c1. The Kier molecular flexibility index (Phi) is 3.90. The largest absolute Gasteiger partial charge is 0.494 e. The molecule has 0 fully saturated rings. The Morgan fingerprint density at radius 2 is 1.84 bits per heavy atom. The van der Waals surface area contributed by atoms with E-state index in [1.807, 2.05) is 36.6 Å². The Balaban J connectivity index is 2.51. The Morgan fingerprint density at radius 3 is 2.53 bits per heavy atom. The first-order valence-electron chi connectivity index (χ1n) is 6.28. The molecule has 2 aromatic rings. The molecule has 0 saturated heterocycles. The van der Waals surface area contributed by atoms with Crippen molar-refractivity contribution in [3.05, 3.63) is 48.9 Å². The number of pyridine rings is 1. The van der Waals surface area contributed by atoms with Gasteiger partial charge >= 0.3 is 0 Å². The highest BCUT2D eigenvalue weighted by atomic mass is 16.5. The van der Waals surface area contributed by atoms with Crippen molar-refractivity contribution in [1.29, 1.82) is 0 Å². The maximum Gasteiger partial charge on any atom is 0.137 e. The van der Waals surface area contributed by atoms with Crippen LogP contribution in [0.4, 0.5) is 0 Å². The molecule has 0 aliphatic heterocycles. The van der Waals surface area contributed by atoms with Crippen molar-refractivity contribution in [2.45, 2.75) is 13.8 Å². The molecule has 0 radical (unpaired) electrons. The summed E-state index contributed by atoms with van der Waals surface area (Å²) >= 11 is 0. The van der Waals surface area contributed by atoms with Gasteiger partial charge in [0.25, 0.3) is 0 Å². The third-order valence-corrected chi connectivity index (χ3v) is 2.75. The number of aromatic nitrogens is 2. The van der Waals surface area contributed by atoms with Crippen molar-refractivity contribution in [3.8, 4) is 0 Å². The van der Waals surface area contributed by atoms with E-state index in [-0.39, 0.29) is 0 Å². The third-order valence-electron chi connectivity index (χ3n) is 2.75. The minimum atomic E-state index is 0.575. The first-order chi connectivity index (χ1) is 9.17. The van der Waals surface area contributed by atoms with E-state index < -0.39 is 0 Å². The molecule has 4 nitrogen and oxygen atoms in total. The summed E-state index contributed by atoms with van der Waals surface area (Å²) in [5, 5.41) is 0. The van der Waals surface area contributed by atoms with Gasteiger partial charge in [0.2, 0.25) is 0 Å². The molecule has 0 saturated carbocycles. The lowest BCUT2D eigenvalue weighted by atomic mass is 10.2. The van der Waals surface area contributed by atoms with E-state index in [2.05, 4.69) is 18.1 Å². The van der Waals surface area contributed by atoms with Crippen molar-refractivity contribution in [3.63, 3.8) is 0 Å². The molecule has 0 amide bonds. The van der Waals surface area contributed by atoms with Crippen molar-refractivity contribution < 1.29 is 9.47 Å². The number of hydrogen-bond acceptors (Lipinski definition) is 3.